The van der Waals surface area contributed by atoms with Gasteiger partial charge in [-0.25, -0.2) is 0 Å². The van der Waals surface area contributed by atoms with Gasteiger partial charge >= 0.3 is 7.12 Å². The molecule has 0 bridgehead atoms. The van der Waals surface area contributed by atoms with Gasteiger partial charge in [0.1, 0.15) is 12.4 Å². The first kappa shape index (κ1) is 15.6. The Hall–Kier alpha value is -1.78. The predicted octanol–water partition coefficient (Wildman–Crippen LogP) is 2.29. The molecule has 3 nitrogen and oxygen atoms in total. The Balaban J connectivity index is 1.97. The minimum Gasteiger partial charge on any atom is -0.489 e. The quantitative estimate of drug-likeness (QED) is 0.767. The van der Waals surface area contributed by atoms with Gasteiger partial charge in [0, 0.05) is 0 Å². The molecule has 0 aliphatic rings. The summed E-state index contributed by atoms with van der Waals surface area (Å²) in [5, 5.41) is 18.6. The van der Waals surface area contributed by atoms with Gasteiger partial charge in [-0.05, 0) is 41.6 Å². The third kappa shape index (κ3) is 4.62. The lowest BCUT2D eigenvalue weighted by atomic mass is 9.77. The zero-order valence-corrected chi connectivity index (χ0v) is 12.3. The summed E-state index contributed by atoms with van der Waals surface area (Å²) in [4.78, 5) is 0. The molecule has 0 spiro atoms. The Labute approximate surface area is 126 Å². The molecule has 4 heteroatoms. The molecule has 0 aliphatic carbocycles. The molecule has 0 atom stereocenters. The molecule has 0 heterocycles. The molecule has 0 fully saturated rings. The fourth-order valence-electron chi connectivity index (χ4n) is 2.21. The average Bonchev–Trinajstić information content (AvgIpc) is 2.52. The van der Waals surface area contributed by atoms with Gasteiger partial charge in [-0.1, -0.05) is 49.7 Å². The lowest BCUT2D eigenvalue weighted by molar-refractivity contribution is 0.306. The van der Waals surface area contributed by atoms with E-state index < -0.39 is 7.12 Å². The average molecular weight is 284 g/mol. The molecule has 2 rings (SSSR count). The van der Waals surface area contributed by atoms with Gasteiger partial charge in [0.2, 0.25) is 0 Å². The minimum absolute atomic E-state index is 0.322. The summed E-state index contributed by atoms with van der Waals surface area (Å²) in [6, 6.07) is 15.3. The molecular formula is C17H21BO3. The third-order valence-corrected chi connectivity index (χ3v) is 3.47. The summed E-state index contributed by atoms with van der Waals surface area (Å²) >= 11 is 0. The molecule has 110 valence electrons. The summed E-state index contributed by atoms with van der Waals surface area (Å²) in [6.45, 7) is 2.51. The van der Waals surface area contributed by atoms with Crippen molar-refractivity contribution in [1.29, 1.82) is 0 Å². The molecule has 0 saturated carbocycles. The molecule has 0 aliphatic heterocycles. The molecule has 0 amide bonds. The van der Waals surface area contributed by atoms with E-state index in [9.17, 15) is 10.0 Å². The van der Waals surface area contributed by atoms with Crippen LogP contribution in [0.5, 0.6) is 5.75 Å². The van der Waals surface area contributed by atoms with Crippen LogP contribution in [0.3, 0.4) is 0 Å². The molecular weight excluding hydrogens is 263 g/mol. The van der Waals surface area contributed by atoms with Crippen molar-refractivity contribution < 1.29 is 14.8 Å². The lowest BCUT2D eigenvalue weighted by Crippen LogP contribution is -2.33. The number of benzene rings is 2. The largest absolute Gasteiger partial charge is 0.489 e. The summed E-state index contributed by atoms with van der Waals surface area (Å²) < 4.78 is 5.72. The van der Waals surface area contributed by atoms with Crippen molar-refractivity contribution in [1.82, 2.24) is 0 Å². The summed E-state index contributed by atoms with van der Waals surface area (Å²) in [7, 11) is -1.47. The fraction of sp³-hybridized carbons (Fsp3) is 0.294. The highest BCUT2D eigenvalue weighted by molar-refractivity contribution is 6.59. The van der Waals surface area contributed by atoms with Crippen LogP contribution in [0, 0.1) is 0 Å². The van der Waals surface area contributed by atoms with E-state index in [2.05, 4.69) is 19.1 Å². The van der Waals surface area contributed by atoms with Crippen LogP contribution >= 0.6 is 0 Å². The van der Waals surface area contributed by atoms with Crippen LogP contribution in [0.1, 0.15) is 30.9 Å². The highest BCUT2D eigenvalue weighted by atomic mass is 16.5. The van der Waals surface area contributed by atoms with E-state index in [1.807, 2.05) is 24.3 Å². The Morgan fingerprint density at radius 3 is 2.38 bits per heavy atom. The molecule has 0 saturated heterocycles. The summed E-state index contributed by atoms with van der Waals surface area (Å²) in [6.07, 6.45) is 3.48. The first-order chi connectivity index (χ1) is 10.2. The van der Waals surface area contributed by atoms with Crippen LogP contribution in [-0.2, 0) is 13.0 Å². The van der Waals surface area contributed by atoms with Crippen LogP contribution in [0.4, 0.5) is 0 Å². The maximum Gasteiger partial charge on any atom is 0.488 e. The molecule has 2 aromatic carbocycles. The second kappa shape index (κ2) is 7.86. The van der Waals surface area contributed by atoms with Crippen molar-refractivity contribution in [2.45, 2.75) is 32.8 Å². The smallest absolute Gasteiger partial charge is 0.488 e. The van der Waals surface area contributed by atoms with E-state index in [0.717, 1.165) is 17.7 Å². The third-order valence-electron chi connectivity index (χ3n) is 3.47. The standard InChI is InChI=1S/C17H21BO3/c1-2-3-6-14-9-11-16(12-10-14)21-13-15-7-4-5-8-17(15)18(19)20/h4-5,7-12,19-20H,2-3,6,13H2,1H3. The van der Waals surface area contributed by atoms with E-state index in [4.69, 9.17) is 4.74 Å². The Morgan fingerprint density at radius 1 is 1.00 bits per heavy atom. The van der Waals surface area contributed by atoms with Gasteiger partial charge in [-0.2, -0.15) is 0 Å². The topological polar surface area (TPSA) is 49.7 Å². The lowest BCUT2D eigenvalue weighted by Gasteiger charge is -2.11. The van der Waals surface area contributed by atoms with Gasteiger partial charge in [-0.15, -0.1) is 0 Å². The van der Waals surface area contributed by atoms with Crippen LogP contribution in [0.2, 0.25) is 0 Å². The number of unbranched alkanes of at least 4 members (excludes halogenated alkanes) is 1. The van der Waals surface area contributed by atoms with Crippen LogP contribution in [0.15, 0.2) is 48.5 Å². The van der Waals surface area contributed by atoms with Crippen LogP contribution < -0.4 is 10.2 Å². The summed E-state index contributed by atoms with van der Waals surface area (Å²) in [5.41, 5.74) is 2.58. The Bertz CT molecular complexity index is 552. The molecule has 0 radical (unpaired) electrons. The van der Waals surface area contributed by atoms with Gasteiger partial charge in [0.05, 0.1) is 0 Å². The Kier molecular flexibility index (Phi) is 5.84. The van der Waals surface area contributed by atoms with Crippen molar-refractivity contribution >= 4 is 12.6 Å². The zero-order valence-electron chi connectivity index (χ0n) is 12.3. The number of aryl methyl sites for hydroxylation is 1. The normalized spacial score (nSPS) is 10.4. The van der Waals surface area contributed by atoms with Crippen molar-refractivity contribution in [2.24, 2.45) is 0 Å². The summed E-state index contributed by atoms with van der Waals surface area (Å²) in [5.74, 6) is 0.789. The number of rotatable bonds is 7. The van der Waals surface area contributed by atoms with Gasteiger partial charge in [0.15, 0.2) is 0 Å². The first-order valence-corrected chi connectivity index (χ1v) is 7.36. The maximum absolute atomic E-state index is 9.32. The molecule has 2 aromatic rings. The van der Waals surface area contributed by atoms with Gasteiger partial charge < -0.3 is 14.8 Å². The first-order valence-electron chi connectivity index (χ1n) is 7.36. The SMILES string of the molecule is CCCCc1ccc(OCc2ccccc2B(O)O)cc1. The van der Waals surface area contributed by atoms with Gasteiger partial charge in [0.25, 0.3) is 0 Å². The fourth-order valence-corrected chi connectivity index (χ4v) is 2.21. The van der Waals surface area contributed by atoms with E-state index in [0.29, 0.717) is 12.1 Å². The Morgan fingerprint density at radius 2 is 1.71 bits per heavy atom. The van der Waals surface area contributed by atoms with Crippen molar-refractivity contribution in [2.75, 3.05) is 0 Å². The number of hydrogen-bond donors (Lipinski definition) is 2. The molecule has 2 N–H and O–H groups in total. The second-order valence-electron chi connectivity index (χ2n) is 5.11. The van der Waals surface area contributed by atoms with E-state index in [-0.39, 0.29) is 0 Å². The zero-order chi connectivity index (χ0) is 15.1. The minimum atomic E-state index is -1.47. The highest BCUT2D eigenvalue weighted by Gasteiger charge is 2.15. The highest BCUT2D eigenvalue weighted by Crippen LogP contribution is 2.15. The van der Waals surface area contributed by atoms with E-state index >= 15 is 0 Å². The van der Waals surface area contributed by atoms with Crippen molar-refractivity contribution in [3.05, 3.63) is 59.7 Å². The number of hydrogen-bond acceptors (Lipinski definition) is 3. The van der Waals surface area contributed by atoms with Gasteiger partial charge in [-0.3, -0.25) is 0 Å². The van der Waals surface area contributed by atoms with E-state index in [1.165, 1.54) is 18.4 Å². The molecule has 0 aromatic heterocycles. The van der Waals surface area contributed by atoms with Crippen molar-refractivity contribution in [3.63, 3.8) is 0 Å². The number of ether oxygens (including phenoxy) is 1. The van der Waals surface area contributed by atoms with Crippen LogP contribution in [-0.4, -0.2) is 17.2 Å². The maximum atomic E-state index is 9.32. The van der Waals surface area contributed by atoms with E-state index in [1.54, 1.807) is 12.1 Å². The molecule has 21 heavy (non-hydrogen) atoms. The second-order valence-corrected chi connectivity index (χ2v) is 5.11. The van der Waals surface area contributed by atoms with Crippen LogP contribution in [0.25, 0.3) is 0 Å². The monoisotopic (exact) mass is 284 g/mol. The molecule has 0 unspecified atom stereocenters. The van der Waals surface area contributed by atoms with Crippen molar-refractivity contribution in [3.8, 4) is 5.75 Å². The predicted molar refractivity (Wildman–Crippen MR) is 85.7 cm³/mol.